The monoisotopic (exact) mass is 366 g/mol. The fraction of sp³-hybridized carbons (Fsp3) is 0.526. The molecule has 138 valence electrons. The number of carbonyl (C=O) groups is 1. The molecular weight excluding hydrogens is 339 g/mol. The van der Waals surface area contributed by atoms with Crippen LogP contribution in [0, 0.1) is 0 Å². The maximum absolute atomic E-state index is 13.6. The molecule has 0 amide bonds. The largest absolute Gasteiger partial charge is 0.457 e. The average Bonchev–Trinajstić information content (AvgIpc) is 2.93. The molecule has 1 aromatic carbocycles. The number of rotatable bonds is 8. The summed E-state index contributed by atoms with van der Waals surface area (Å²) in [5, 5.41) is -1.31. The van der Waals surface area contributed by atoms with Crippen LogP contribution in [0.2, 0.25) is 0 Å². The third-order valence-electron chi connectivity index (χ3n) is 4.29. The van der Waals surface area contributed by atoms with Gasteiger partial charge in [-0.15, -0.1) is 0 Å². The number of carbonyl (C=O) groups excluding carboxylic acids is 1. The molecule has 1 fully saturated rings. The van der Waals surface area contributed by atoms with Crippen LogP contribution in [0.15, 0.2) is 42.0 Å². The first kappa shape index (κ1) is 19.9. The van der Waals surface area contributed by atoms with Gasteiger partial charge in [-0.05, 0) is 39.7 Å². The molecule has 1 aliphatic heterocycles. The Bertz CT molecular complexity index is 656. The van der Waals surface area contributed by atoms with E-state index < -0.39 is 24.8 Å². The first-order valence-electron chi connectivity index (χ1n) is 8.67. The molecule has 0 saturated carbocycles. The van der Waals surface area contributed by atoms with E-state index in [1.165, 1.54) is 0 Å². The van der Waals surface area contributed by atoms with Crippen molar-refractivity contribution < 1.29 is 23.1 Å². The molecule has 0 aromatic heterocycles. The number of hydrogen-bond donors (Lipinski definition) is 0. The minimum absolute atomic E-state index is 0.205. The van der Waals surface area contributed by atoms with Crippen LogP contribution in [-0.2, 0) is 23.1 Å². The summed E-state index contributed by atoms with van der Waals surface area (Å²) < 4.78 is 30.3. The highest BCUT2D eigenvalue weighted by atomic mass is 31.2. The molecule has 25 heavy (non-hydrogen) atoms. The van der Waals surface area contributed by atoms with Gasteiger partial charge in [0.1, 0.15) is 6.10 Å². The molecule has 1 aliphatic rings. The van der Waals surface area contributed by atoms with Crippen LogP contribution in [0.5, 0.6) is 0 Å². The lowest BCUT2D eigenvalue weighted by atomic mass is 9.95. The van der Waals surface area contributed by atoms with E-state index in [1.54, 1.807) is 13.8 Å². The third-order valence-corrected chi connectivity index (χ3v) is 7.09. The second kappa shape index (κ2) is 8.31. The molecule has 1 saturated heterocycles. The topological polar surface area (TPSA) is 61.8 Å². The SMILES string of the molecule is CCOP(=O)(OCC)C1(CC=C(C)C)CC(c2ccccc2)OC1=O. The van der Waals surface area contributed by atoms with Gasteiger partial charge in [0.2, 0.25) is 0 Å². The first-order valence-corrected chi connectivity index (χ1v) is 10.2. The number of esters is 1. The van der Waals surface area contributed by atoms with Gasteiger partial charge in [0.25, 0.3) is 0 Å². The van der Waals surface area contributed by atoms with Gasteiger partial charge >= 0.3 is 13.6 Å². The highest BCUT2D eigenvalue weighted by Crippen LogP contribution is 2.67. The Labute approximate surface area is 149 Å². The third kappa shape index (κ3) is 4.05. The van der Waals surface area contributed by atoms with E-state index in [0.717, 1.165) is 11.1 Å². The zero-order chi connectivity index (χ0) is 18.5. The van der Waals surface area contributed by atoms with Crippen molar-refractivity contribution in [3.63, 3.8) is 0 Å². The zero-order valence-electron chi connectivity index (χ0n) is 15.4. The van der Waals surface area contributed by atoms with Gasteiger partial charge in [0.15, 0.2) is 5.16 Å². The van der Waals surface area contributed by atoms with Gasteiger partial charge in [0, 0.05) is 6.42 Å². The normalized spacial score (nSPS) is 23.4. The van der Waals surface area contributed by atoms with Crippen molar-refractivity contribution in [3.8, 4) is 0 Å². The van der Waals surface area contributed by atoms with Crippen molar-refractivity contribution in [3.05, 3.63) is 47.5 Å². The predicted molar refractivity (Wildman–Crippen MR) is 97.5 cm³/mol. The molecule has 2 rings (SSSR count). The van der Waals surface area contributed by atoms with Gasteiger partial charge in [-0.3, -0.25) is 9.36 Å². The van der Waals surface area contributed by atoms with Crippen molar-refractivity contribution in [1.82, 2.24) is 0 Å². The van der Waals surface area contributed by atoms with Crippen LogP contribution in [0.4, 0.5) is 0 Å². The highest BCUT2D eigenvalue weighted by Gasteiger charge is 2.62. The molecular formula is C19H27O5P. The van der Waals surface area contributed by atoms with Crippen LogP contribution >= 0.6 is 7.60 Å². The van der Waals surface area contributed by atoms with Crippen molar-refractivity contribution in [2.45, 2.75) is 51.8 Å². The van der Waals surface area contributed by atoms with Gasteiger partial charge in [-0.1, -0.05) is 42.0 Å². The number of allylic oxidation sites excluding steroid dienone is 2. The maximum atomic E-state index is 13.6. The molecule has 1 heterocycles. The molecule has 0 N–H and O–H groups in total. The van der Waals surface area contributed by atoms with E-state index in [-0.39, 0.29) is 26.1 Å². The quantitative estimate of drug-likeness (QED) is 0.367. The Morgan fingerprint density at radius 2 is 1.84 bits per heavy atom. The first-order chi connectivity index (χ1) is 11.9. The molecule has 2 unspecified atom stereocenters. The minimum Gasteiger partial charge on any atom is -0.457 e. The molecule has 6 heteroatoms. The van der Waals surface area contributed by atoms with Gasteiger partial charge in [-0.25, -0.2) is 0 Å². The molecule has 2 atom stereocenters. The molecule has 5 nitrogen and oxygen atoms in total. The summed E-state index contributed by atoms with van der Waals surface area (Å²) in [6, 6.07) is 9.50. The Morgan fingerprint density at radius 1 is 1.24 bits per heavy atom. The van der Waals surface area contributed by atoms with Crippen molar-refractivity contribution in [2.24, 2.45) is 0 Å². The summed E-state index contributed by atoms with van der Waals surface area (Å²) in [5.74, 6) is -0.510. The van der Waals surface area contributed by atoms with Crippen LogP contribution < -0.4 is 0 Å². The van der Waals surface area contributed by atoms with Crippen molar-refractivity contribution in [1.29, 1.82) is 0 Å². The van der Waals surface area contributed by atoms with Crippen LogP contribution in [-0.4, -0.2) is 24.3 Å². The molecule has 0 spiro atoms. The lowest BCUT2D eigenvalue weighted by Crippen LogP contribution is -2.35. The van der Waals surface area contributed by atoms with Crippen molar-refractivity contribution >= 4 is 13.6 Å². The lowest BCUT2D eigenvalue weighted by Gasteiger charge is -2.31. The summed E-state index contributed by atoms with van der Waals surface area (Å²) in [7, 11) is -3.69. The second-order valence-electron chi connectivity index (χ2n) is 6.36. The summed E-state index contributed by atoms with van der Waals surface area (Å²) in [6.07, 6.45) is 2.00. The molecule has 0 bridgehead atoms. The van der Waals surface area contributed by atoms with E-state index >= 15 is 0 Å². The Balaban J connectivity index is 2.46. The lowest BCUT2D eigenvalue weighted by molar-refractivity contribution is -0.144. The summed E-state index contributed by atoms with van der Waals surface area (Å²) in [5.41, 5.74) is 1.92. The smallest absolute Gasteiger partial charge is 0.348 e. The Kier molecular flexibility index (Phi) is 6.61. The number of hydrogen-bond acceptors (Lipinski definition) is 5. The van der Waals surface area contributed by atoms with Gasteiger partial charge < -0.3 is 13.8 Å². The van der Waals surface area contributed by atoms with E-state index in [1.807, 2.05) is 50.3 Å². The summed E-state index contributed by atoms with van der Waals surface area (Å²) in [4.78, 5) is 12.9. The highest BCUT2D eigenvalue weighted by molar-refractivity contribution is 7.56. The average molecular weight is 366 g/mol. The molecule has 0 radical (unpaired) electrons. The Morgan fingerprint density at radius 3 is 2.36 bits per heavy atom. The van der Waals surface area contributed by atoms with Crippen molar-refractivity contribution in [2.75, 3.05) is 13.2 Å². The number of benzene rings is 1. The summed E-state index contributed by atoms with van der Waals surface area (Å²) in [6.45, 7) is 7.78. The predicted octanol–water partition coefficient (Wildman–Crippen LogP) is 5.04. The van der Waals surface area contributed by atoms with Gasteiger partial charge in [-0.2, -0.15) is 0 Å². The van der Waals surface area contributed by atoms with E-state index in [0.29, 0.717) is 0 Å². The van der Waals surface area contributed by atoms with E-state index in [2.05, 4.69) is 0 Å². The molecule has 0 aliphatic carbocycles. The van der Waals surface area contributed by atoms with Crippen LogP contribution in [0.1, 0.15) is 52.2 Å². The number of ether oxygens (including phenoxy) is 1. The second-order valence-corrected chi connectivity index (χ2v) is 8.73. The van der Waals surface area contributed by atoms with E-state index in [9.17, 15) is 9.36 Å². The minimum atomic E-state index is -3.69. The standard InChI is InChI=1S/C19H27O5P/c1-5-22-25(21,23-6-2)19(13-12-15(3)4)14-17(24-18(19)20)16-10-8-7-9-11-16/h7-12,17H,5-6,13-14H2,1-4H3. The van der Waals surface area contributed by atoms with Crippen LogP contribution in [0.25, 0.3) is 0 Å². The molecule has 1 aromatic rings. The maximum Gasteiger partial charge on any atom is 0.348 e. The number of cyclic esters (lactones) is 1. The van der Waals surface area contributed by atoms with Gasteiger partial charge in [0.05, 0.1) is 13.2 Å². The van der Waals surface area contributed by atoms with E-state index in [4.69, 9.17) is 13.8 Å². The fourth-order valence-corrected chi connectivity index (χ4v) is 5.25. The Hall–Kier alpha value is -1.42. The zero-order valence-corrected chi connectivity index (χ0v) is 16.3. The fourth-order valence-electron chi connectivity index (χ4n) is 3.02. The van der Waals surface area contributed by atoms with Crippen LogP contribution in [0.3, 0.4) is 0 Å². The summed E-state index contributed by atoms with van der Waals surface area (Å²) >= 11 is 0.